The highest BCUT2D eigenvalue weighted by Crippen LogP contribution is 2.36. The molecule has 0 saturated heterocycles. The Hall–Kier alpha value is -2.26. The van der Waals surface area contributed by atoms with Gasteiger partial charge in [-0.15, -0.1) is 5.10 Å². The smallest absolute Gasteiger partial charge is 0.408 e. The largest absolute Gasteiger partial charge is 0.416 e. The van der Waals surface area contributed by atoms with Crippen LogP contribution in [0.4, 0.5) is 32.4 Å². The van der Waals surface area contributed by atoms with E-state index in [4.69, 9.17) is 4.42 Å². The van der Waals surface area contributed by atoms with E-state index < -0.39 is 23.5 Å². The van der Waals surface area contributed by atoms with Gasteiger partial charge >= 0.3 is 18.4 Å². The van der Waals surface area contributed by atoms with Crippen molar-refractivity contribution in [3.8, 4) is 0 Å². The van der Waals surface area contributed by atoms with Crippen molar-refractivity contribution in [1.82, 2.24) is 10.2 Å². The zero-order chi connectivity index (χ0) is 16.5. The van der Waals surface area contributed by atoms with Crippen LogP contribution in [0.15, 0.2) is 22.6 Å². The summed E-state index contributed by atoms with van der Waals surface area (Å²) in [5, 5.41) is 9.47. The number of hydrogen-bond acceptors (Lipinski definition) is 4. The highest BCUT2D eigenvalue weighted by Gasteiger charge is 2.36. The summed E-state index contributed by atoms with van der Waals surface area (Å²) in [6, 6.07) is 1.24. The highest BCUT2D eigenvalue weighted by atomic mass is 19.4. The van der Waals surface area contributed by atoms with E-state index in [9.17, 15) is 26.3 Å². The normalized spacial score (nSPS) is 12.5. The fraction of sp³-hybridized carbons (Fsp3) is 0.333. The maximum atomic E-state index is 12.7. The molecule has 0 atom stereocenters. The third kappa shape index (κ3) is 3.89. The van der Waals surface area contributed by atoms with Crippen LogP contribution in [-0.2, 0) is 18.9 Å². The number of nitrogens with zero attached hydrogens (tertiary/aromatic N) is 2. The van der Waals surface area contributed by atoms with Gasteiger partial charge in [-0.2, -0.15) is 26.3 Å². The van der Waals surface area contributed by atoms with Crippen molar-refractivity contribution < 1.29 is 30.8 Å². The minimum absolute atomic E-state index is 0.0698. The van der Waals surface area contributed by atoms with E-state index in [2.05, 4.69) is 15.5 Å². The summed E-state index contributed by atoms with van der Waals surface area (Å²) in [4.78, 5) is 0. The summed E-state index contributed by atoms with van der Waals surface area (Å²) in [5.41, 5.74) is -2.96. The Morgan fingerprint density at radius 1 is 0.955 bits per heavy atom. The molecule has 1 aromatic heterocycles. The molecule has 0 aliphatic heterocycles. The maximum absolute atomic E-state index is 12.7. The molecule has 0 aliphatic rings. The van der Waals surface area contributed by atoms with Gasteiger partial charge in [0.05, 0.1) is 11.1 Å². The van der Waals surface area contributed by atoms with Crippen molar-refractivity contribution in [2.24, 2.45) is 0 Å². The number of nitrogens with one attached hydrogen (secondary N) is 1. The highest BCUT2D eigenvalue weighted by molar-refractivity contribution is 5.35. The molecule has 0 unspecified atom stereocenters. The van der Waals surface area contributed by atoms with Crippen LogP contribution in [0.1, 0.15) is 22.6 Å². The van der Waals surface area contributed by atoms with Gasteiger partial charge in [0, 0.05) is 13.5 Å². The molecule has 0 spiro atoms. The Bertz CT molecular complexity index is 629. The van der Waals surface area contributed by atoms with Gasteiger partial charge in [0.25, 0.3) is 0 Å². The molecule has 10 heteroatoms. The lowest BCUT2D eigenvalue weighted by Gasteiger charge is -2.14. The number of halogens is 6. The molecule has 1 N–H and O–H groups in total. The third-order valence-electron chi connectivity index (χ3n) is 2.62. The van der Waals surface area contributed by atoms with Gasteiger partial charge in [-0.1, -0.05) is 5.10 Å². The summed E-state index contributed by atoms with van der Waals surface area (Å²) in [6.45, 7) is 1.17. The van der Waals surface area contributed by atoms with Crippen LogP contribution < -0.4 is 5.32 Å². The zero-order valence-electron chi connectivity index (χ0n) is 11.0. The van der Waals surface area contributed by atoms with Crippen LogP contribution in [0.5, 0.6) is 0 Å². The Kier molecular flexibility index (Phi) is 4.03. The minimum Gasteiger partial charge on any atom is -0.408 e. The first-order valence-corrected chi connectivity index (χ1v) is 5.88. The summed E-state index contributed by atoms with van der Waals surface area (Å²) in [7, 11) is 0. The van der Waals surface area contributed by atoms with Crippen molar-refractivity contribution in [3.63, 3.8) is 0 Å². The van der Waals surface area contributed by atoms with E-state index in [-0.39, 0.29) is 30.1 Å². The Morgan fingerprint density at radius 3 is 1.91 bits per heavy atom. The molecule has 0 fully saturated rings. The van der Waals surface area contributed by atoms with Gasteiger partial charge in [0.15, 0.2) is 0 Å². The Morgan fingerprint density at radius 2 is 1.50 bits per heavy atom. The molecule has 0 bridgehead atoms. The lowest BCUT2D eigenvalue weighted by molar-refractivity contribution is -0.143. The lowest BCUT2D eigenvalue weighted by atomic mass is 10.0. The van der Waals surface area contributed by atoms with E-state index in [1.807, 2.05) is 0 Å². The number of anilines is 1. The molecule has 1 heterocycles. The summed E-state index contributed by atoms with van der Waals surface area (Å²) >= 11 is 0. The molecule has 0 aliphatic carbocycles. The summed E-state index contributed by atoms with van der Waals surface area (Å²) < 4.78 is 81.0. The third-order valence-corrected chi connectivity index (χ3v) is 2.62. The zero-order valence-corrected chi connectivity index (χ0v) is 11.0. The predicted molar refractivity (Wildman–Crippen MR) is 62.8 cm³/mol. The minimum atomic E-state index is -4.88. The van der Waals surface area contributed by atoms with Crippen molar-refractivity contribution in [2.45, 2.75) is 25.8 Å². The van der Waals surface area contributed by atoms with E-state index in [1.165, 1.54) is 6.92 Å². The lowest BCUT2D eigenvalue weighted by Crippen LogP contribution is -2.13. The monoisotopic (exact) mass is 325 g/mol. The molecule has 1 aromatic carbocycles. The standard InChI is InChI=1S/C12H9F6N3O/c1-6-20-21-10(22-6)19-5-7-2-8(11(13,14)15)4-9(3-7)12(16,17)18/h2-4H,5H2,1H3,(H,19,21). The predicted octanol–water partition coefficient (Wildman–Crippen LogP) is 4.03. The second-order valence-corrected chi connectivity index (χ2v) is 4.39. The fourth-order valence-electron chi connectivity index (χ4n) is 1.67. The van der Waals surface area contributed by atoms with Crippen LogP contribution in [0, 0.1) is 6.92 Å². The van der Waals surface area contributed by atoms with Crippen LogP contribution in [0.3, 0.4) is 0 Å². The van der Waals surface area contributed by atoms with Crippen molar-refractivity contribution in [3.05, 3.63) is 40.8 Å². The van der Waals surface area contributed by atoms with Gasteiger partial charge in [0.1, 0.15) is 0 Å². The second kappa shape index (κ2) is 5.50. The Labute approximate surface area is 120 Å². The SMILES string of the molecule is Cc1nnc(NCc2cc(C(F)(F)F)cc(C(F)(F)F)c2)o1. The van der Waals surface area contributed by atoms with Gasteiger partial charge in [0.2, 0.25) is 5.89 Å². The van der Waals surface area contributed by atoms with Crippen LogP contribution in [0.25, 0.3) is 0 Å². The average Bonchev–Trinajstić information content (AvgIpc) is 2.80. The van der Waals surface area contributed by atoms with Crippen LogP contribution in [0.2, 0.25) is 0 Å². The van der Waals surface area contributed by atoms with Crippen molar-refractivity contribution >= 4 is 6.01 Å². The van der Waals surface area contributed by atoms with Crippen LogP contribution in [-0.4, -0.2) is 10.2 Å². The quantitative estimate of drug-likeness (QED) is 0.866. The molecule has 2 rings (SSSR count). The number of benzene rings is 1. The van der Waals surface area contributed by atoms with E-state index in [1.54, 1.807) is 0 Å². The van der Waals surface area contributed by atoms with Gasteiger partial charge in [-0.05, 0) is 23.8 Å². The van der Waals surface area contributed by atoms with Gasteiger partial charge in [-0.3, -0.25) is 0 Å². The van der Waals surface area contributed by atoms with Crippen molar-refractivity contribution in [1.29, 1.82) is 0 Å². The number of hydrogen-bond donors (Lipinski definition) is 1. The van der Waals surface area contributed by atoms with E-state index in [0.717, 1.165) is 0 Å². The Balaban J connectivity index is 2.29. The molecular formula is C12H9F6N3O. The second-order valence-electron chi connectivity index (χ2n) is 4.39. The number of aromatic nitrogens is 2. The molecule has 22 heavy (non-hydrogen) atoms. The first-order valence-electron chi connectivity index (χ1n) is 5.88. The topological polar surface area (TPSA) is 51.0 Å². The molecular weight excluding hydrogens is 316 g/mol. The van der Waals surface area contributed by atoms with Crippen molar-refractivity contribution in [2.75, 3.05) is 5.32 Å². The molecule has 0 radical (unpaired) electrons. The van der Waals surface area contributed by atoms with E-state index >= 15 is 0 Å². The fourth-order valence-corrected chi connectivity index (χ4v) is 1.67. The molecule has 4 nitrogen and oxygen atoms in total. The molecule has 120 valence electrons. The number of rotatable bonds is 3. The first kappa shape index (κ1) is 16.1. The first-order chi connectivity index (χ1) is 10.1. The maximum Gasteiger partial charge on any atom is 0.416 e. The number of aryl methyl sites for hydroxylation is 1. The van der Waals surface area contributed by atoms with Crippen LogP contribution >= 0.6 is 0 Å². The summed E-state index contributed by atoms with van der Waals surface area (Å²) in [5.74, 6) is 0.211. The molecule has 0 saturated carbocycles. The average molecular weight is 325 g/mol. The van der Waals surface area contributed by atoms with E-state index in [0.29, 0.717) is 12.1 Å². The molecule has 0 amide bonds. The molecule has 2 aromatic rings. The number of alkyl halides is 6. The van der Waals surface area contributed by atoms with Gasteiger partial charge < -0.3 is 9.73 Å². The van der Waals surface area contributed by atoms with Gasteiger partial charge in [-0.25, -0.2) is 0 Å². The summed E-state index contributed by atoms with van der Waals surface area (Å²) in [6.07, 6.45) is -9.76.